The molecule has 0 radical (unpaired) electrons. The van der Waals surface area contributed by atoms with Crippen molar-refractivity contribution in [3.63, 3.8) is 0 Å². The van der Waals surface area contributed by atoms with E-state index in [1.165, 1.54) is 0 Å². The van der Waals surface area contributed by atoms with Gasteiger partial charge in [-0.3, -0.25) is 9.79 Å². The second-order valence-electron chi connectivity index (χ2n) is 6.52. The lowest BCUT2D eigenvalue weighted by atomic mass is 10.1. The highest BCUT2D eigenvalue weighted by Crippen LogP contribution is 2.24. The fraction of sp³-hybridized carbons (Fsp3) is 0.875. The SMILES string of the molecule is CN=C(NCCCC(=O)NC1CC1)N1CCSC(C(C)C)C1.I. The zero-order valence-corrected chi connectivity index (χ0v) is 17.7. The van der Waals surface area contributed by atoms with Crippen molar-refractivity contribution in [1.29, 1.82) is 0 Å². The van der Waals surface area contributed by atoms with E-state index in [9.17, 15) is 4.79 Å². The Morgan fingerprint density at radius 3 is 2.74 bits per heavy atom. The van der Waals surface area contributed by atoms with Gasteiger partial charge < -0.3 is 15.5 Å². The van der Waals surface area contributed by atoms with Gasteiger partial charge in [-0.25, -0.2) is 0 Å². The van der Waals surface area contributed by atoms with E-state index in [-0.39, 0.29) is 29.9 Å². The van der Waals surface area contributed by atoms with Crippen LogP contribution in [-0.4, -0.2) is 60.5 Å². The van der Waals surface area contributed by atoms with Crippen LogP contribution in [0.5, 0.6) is 0 Å². The molecule has 1 heterocycles. The predicted molar refractivity (Wildman–Crippen MR) is 110 cm³/mol. The Kier molecular flexibility index (Phi) is 9.65. The number of amides is 1. The van der Waals surface area contributed by atoms with Crippen molar-refractivity contribution in [3.8, 4) is 0 Å². The summed E-state index contributed by atoms with van der Waals surface area (Å²) < 4.78 is 0. The van der Waals surface area contributed by atoms with Gasteiger partial charge in [-0.2, -0.15) is 11.8 Å². The van der Waals surface area contributed by atoms with E-state index in [1.54, 1.807) is 0 Å². The first-order chi connectivity index (χ1) is 10.6. The Morgan fingerprint density at radius 2 is 2.13 bits per heavy atom. The van der Waals surface area contributed by atoms with Gasteiger partial charge in [0.1, 0.15) is 0 Å². The number of nitrogens with zero attached hydrogens (tertiary/aromatic N) is 2. The molecule has 2 rings (SSSR count). The molecule has 0 aromatic heterocycles. The molecular weight excluding hydrogens is 423 g/mol. The number of guanidine groups is 1. The molecular formula is C16H31IN4OS. The number of rotatable bonds is 6. The molecule has 2 N–H and O–H groups in total. The summed E-state index contributed by atoms with van der Waals surface area (Å²) in [6, 6.07) is 0.465. The number of hydrogen-bond donors (Lipinski definition) is 2. The zero-order valence-electron chi connectivity index (χ0n) is 14.5. The molecule has 1 aliphatic heterocycles. The molecule has 0 aromatic carbocycles. The Morgan fingerprint density at radius 1 is 1.39 bits per heavy atom. The van der Waals surface area contributed by atoms with E-state index in [1.807, 2.05) is 7.05 Å². The zero-order chi connectivity index (χ0) is 15.9. The lowest BCUT2D eigenvalue weighted by molar-refractivity contribution is -0.121. The van der Waals surface area contributed by atoms with Crippen molar-refractivity contribution in [2.45, 2.75) is 50.8 Å². The maximum Gasteiger partial charge on any atom is 0.220 e. The standard InChI is InChI=1S/C16H30N4OS.HI/c1-12(2)14-11-20(9-10-22-14)16(17-3)18-8-4-5-15(21)19-13-6-7-13;/h12-14H,4-11H2,1-3H3,(H,17,18)(H,19,21);1H. The van der Waals surface area contributed by atoms with Gasteiger partial charge in [0.2, 0.25) is 5.91 Å². The minimum Gasteiger partial charge on any atom is -0.356 e. The van der Waals surface area contributed by atoms with Crippen molar-refractivity contribution in [3.05, 3.63) is 0 Å². The van der Waals surface area contributed by atoms with Crippen molar-refractivity contribution in [1.82, 2.24) is 15.5 Å². The number of halogens is 1. The average molecular weight is 454 g/mol. The number of aliphatic imine (C=N–C) groups is 1. The number of carbonyl (C=O) groups excluding carboxylic acids is 1. The molecule has 23 heavy (non-hydrogen) atoms. The molecule has 1 saturated carbocycles. The van der Waals surface area contributed by atoms with Crippen LogP contribution in [0, 0.1) is 5.92 Å². The third-order valence-electron chi connectivity index (χ3n) is 4.15. The summed E-state index contributed by atoms with van der Waals surface area (Å²) in [5, 5.41) is 7.11. The van der Waals surface area contributed by atoms with Crippen LogP contribution in [0.4, 0.5) is 0 Å². The molecule has 1 unspecified atom stereocenters. The first-order valence-electron chi connectivity index (χ1n) is 8.46. The molecule has 1 amide bonds. The van der Waals surface area contributed by atoms with Crippen LogP contribution >= 0.6 is 35.7 Å². The molecule has 1 atom stereocenters. The summed E-state index contributed by atoms with van der Waals surface area (Å²) in [4.78, 5) is 18.4. The van der Waals surface area contributed by atoms with Crippen molar-refractivity contribution >= 4 is 47.6 Å². The smallest absolute Gasteiger partial charge is 0.220 e. The van der Waals surface area contributed by atoms with Gasteiger partial charge in [-0.1, -0.05) is 13.8 Å². The Balaban J connectivity index is 0.00000264. The fourth-order valence-electron chi connectivity index (χ4n) is 2.58. The van der Waals surface area contributed by atoms with Gasteiger partial charge in [-0.05, 0) is 25.2 Å². The maximum atomic E-state index is 11.6. The quantitative estimate of drug-likeness (QED) is 0.280. The molecule has 0 spiro atoms. The Bertz CT molecular complexity index is 402. The molecule has 134 valence electrons. The minimum absolute atomic E-state index is 0. The maximum absolute atomic E-state index is 11.6. The van der Waals surface area contributed by atoms with E-state index in [0.717, 1.165) is 50.6 Å². The number of thioether (sulfide) groups is 1. The second-order valence-corrected chi connectivity index (χ2v) is 7.87. The molecule has 0 aromatic rings. The highest BCUT2D eigenvalue weighted by Gasteiger charge is 2.25. The number of carbonyl (C=O) groups is 1. The van der Waals surface area contributed by atoms with Crippen molar-refractivity contribution in [2.24, 2.45) is 10.9 Å². The lowest BCUT2D eigenvalue weighted by Crippen LogP contribution is -2.49. The number of nitrogens with one attached hydrogen (secondary N) is 2. The summed E-state index contributed by atoms with van der Waals surface area (Å²) >= 11 is 2.07. The first kappa shape index (κ1) is 20.9. The molecule has 2 aliphatic rings. The van der Waals surface area contributed by atoms with Crippen LogP contribution in [0.15, 0.2) is 4.99 Å². The van der Waals surface area contributed by atoms with Crippen molar-refractivity contribution < 1.29 is 4.79 Å². The Hall–Kier alpha value is -0.180. The highest BCUT2D eigenvalue weighted by atomic mass is 127. The predicted octanol–water partition coefficient (Wildman–Crippen LogP) is 2.31. The monoisotopic (exact) mass is 454 g/mol. The average Bonchev–Trinajstić information content (AvgIpc) is 3.31. The van der Waals surface area contributed by atoms with Crippen LogP contribution in [0.2, 0.25) is 0 Å². The van der Waals surface area contributed by atoms with Gasteiger partial charge >= 0.3 is 0 Å². The second kappa shape index (κ2) is 10.6. The minimum atomic E-state index is 0. The van der Waals surface area contributed by atoms with Gasteiger partial charge in [0.05, 0.1) is 0 Å². The lowest BCUT2D eigenvalue weighted by Gasteiger charge is -2.36. The van der Waals surface area contributed by atoms with Crippen LogP contribution in [0.25, 0.3) is 0 Å². The third-order valence-corrected chi connectivity index (χ3v) is 5.69. The van der Waals surface area contributed by atoms with E-state index in [2.05, 4.69) is 46.1 Å². The largest absolute Gasteiger partial charge is 0.356 e. The fourth-order valence-corrected chi connectivity index (χ4v) is 3.88. The van der Waals surface area contributed by atoms with E-state index < -0.39 is 0 Å². The van der Waals surface area contributed by atoms with Crippen LogP contribution in [0.3, 0.4) is 0 Å². The molecule has 0 bridgehead atoms. The summed E-state index contributed by atoms with van der Waals surface area (Å²) in [6.07, 6.45) is 3.76. The molecule has 1 saturated heterocycles. The summed E-state index contributed by atoms with van der Waals surface area (Å²) in [7, 11) is 1.84. The topological polar surface area (TPSA) is 56.7 Å². The van der Waals surface area contributed by atoms with Crippen molar-refractivity contribution in [2.75, 3.05) is 32.4 Å². The first-order valence-corrected chi connectivity index (χ1v) is 9.51. The van der Waals surface area contributed by atoms with Crippen LogP contribution in [0.1, 0.15) is 39.5 Å². The van der Waals surface area contributed by atoms with E-state index in [0.29, 0.717) is 23.6 Å². The normalized spacial score (nSPS) is 21.8. The van der Waals surface area contributed by atoms with E-state index in [4.69, 9.17) is 0 Å². The molecule has 7 heteroatoms. The summed E-state index contributed by atoms with van der Waals surface area (Å²) in [5.41, 5.74) is 0. The Labute approximate surface area is 161 Å². The number of hydrogen-bond acceptors (Lipinski definition) is 3. The van der Waals surface area contributed by atoms with Crippen LogP contribution < -0.4 is 10.6 Å². The van der Waals surface area contributed by atoms with Gasteiger partial charge in [0.15, 0.2) is 5.96 Å². The third kappa shape index (κ3) is 7.49. The van der Waals surface area contributed by atoms with Gasteiger partial charge in [0.25, 0.3) is 0 Å². The van der Waals surface area contributed by atoms with Gasteiger partial charge in [0, 0.05) is 50.1 Å². The highest BCUT2D eigenvalue weighted by molar-refractivity contribution is 14.0. The van der Waals surface area contributed by atoms with Crippen LogP contribution in [-0.2, 0) is 4.79 Å². The molecule has 2 fully saturated rings. The molecule has 1 aliphatic carbocycles. The summed E-state index contributed by atoms with van der Waals surface area (Å²) in [6.45, 7) is 7.49. The summed E-state index contributed by atoms with van der Waals surface area (Å²) in [5.74, 6) is 3.02. The molecule has 5 nitrogen and oxygen atoms in total. The van der Waals surface area contributed by atoms with E-state index >= 15 is 0 Å². The van der Waals surface area contributed by atoms with Gasteiger partial charge in [-0.15, -0.1) is 24.0 Å².